The zero-order valence-electron chi connectivity index (χ0n) is 14.3. The van der Waals surface area contributed by atoms with Crippen molar-refractivity contribution in [1.29, 1.82) is 0 Å². The number of hydrazine groups is 1. The molecule has 0 radical (unpaired) electrons. The molecule has 0 aliphatic rings. The molecule has 3 amide bonds. The van der Waals surface area contributed by atoms with E-state index >= 15 is 0 Å². The van der Waals surface area contributed by atoms with E-state index in [1.807, 2.05) is 6.07 Å². The summed E-state index contributed by atoms with van der Waals surface area (Å²) in [7, 11) is 0. The van der Waals surface area contributed by atoms with Gasteiger partial charge in [0.1, 0.15) is 0 Å². The number of carbonyl (C=O) groups is 3. The normalized spacial score (nSPS) is 9.85. The van der Waals surface area contributed by atoms with Gasteiger partial charge in [-0.2, -0.15) is 0 Å². The number of amides is 3. The quantitative estimate of drug-likeness (QED) is 0.297. The first-order chi connectivity index (χ1) is 12.9. The van der Waals surface area contributed by atoms with Gasteiger partial charge in [-0.25, -0.2) is 0 Å². The largest absolute Gasteiger partial charge is 0.326 e. The molecule has 9 heteroatoms. The van der Waals surface area contributed by atoms with Crippen molar-refractivity contribution in [2.45, 2.75) is 13.3 Å². The van der Waals surface area contributed by atoms with Crippen LogP contribution < -0.4 is 21.5 Å². The minimum Gasteiger partial charge on any atom is -0.326 e. The molecule has 0 aromatic heterocycles. The van der Waals surface area contributed by atoms with Crippen molar-refractivity contribution in [3.05, 3.63) is 63.2 Å². The monoisotopic (exact) mass is 496 g/mol. The van der Waals surface area contributed by atoms with Crippen LogP contribution >= 0.6 is 34.8 Å². The third-order valence-electron chi connectivity index (χ3n) is 3.39. The average Bonchev–Trinajstić information content (AvgIpc) is 2.66. The predicted molar refractivity (Wildman–Crippen MR) is 115 cm³/mol. The molecule has 0 saturated heterocycles. The van der Waals surface area contributed by atoms with E-state index in [-0.39, 0.29) is 16.9 Å². The second-order valence-corrected chi connectivity index (χ2v) is 6.89. The van der Waals surface area contributed by atoms with Gasteiger partial charge in [0.2, 0.25) is 5.91 Å². The lowest BCUT2D eigenvalue weighted by atomic mass is 10.2. The van der Waals surface area contributed by atoms with E-state index in [2.05, 4.69) is 44.1 Å². The highest BCUT2D eigenvalue weighted by Gasteiger charge is 2.12. The van der Waals surface area contributed by atoms with Crippen molar-refractivity contribution < 1.29 is 14.4 Å². The lowest BCUT2D eigenvalue weighted by Gasteiger charge is -2.11. The van der Waals surface area contributed by atoms with Crippen molar-refractivity contribution in [1.82, 2.24) is 16.2 Å². The first-order valence-corrected chi connectivity index (χ1v) is 9.45. The summed E-state index contributed by atoms with van der Waals surface area (Å²) in [6.45, 7) is 1.75. The molecule has 0 unspecified atom stereocenters. The molecule has 0 aliphatic heterocycles. The number of nitrogens with one attached hydrogen (secondary N) is 4. The first kappa shape index (κ1) is 20.8. The third kappa shape index (κ3) is 6.29. The summed E-state index contributed by atoms with van der Waals surface area (Å²) in [6, 6.07) is 13.4. The second-order valence-electron chi connectivity index (χ2n) is 5.32. The maximum atomic E-state index is 12.2. The average molecular weight is 496 g/mol. The Morgan fingerprint density at radius 2 is 1.63 bits per heavy atom. The molecule has 140 valence electrons. The molecule has 7 nitrogen and oxygen atoms in total. The van der Waals surface area contributed by atoms with Crippen LogP contribution in [0.15, 0.2) is 48.5 Å². The Morgan fingerprint density at radius 1 is 0.963 bits per heavy atom. The van der Waals surface area contributed by atoms with Crippen LogP contribution in [-0.2, 0) is 4.79 Å². The number of rotatable bonds is 4. The molecular formula is C18H17IN4O3S. The van der Waals surface area contributed by atoms with Gasteiger partial charge in [0.05, 0.1) is 5.56 Å². The molecule has 4 N–H and O–H groups in total. The van der Waals surface area contributed by atoms with Crippen LogP contribution in [0.1, 0.15) is 34.1 Å². The van der Waals surface area contributed by atoms with Crippen LogP contribution in [0.5, 0.6) is 0 Å². The molecule has 0 bridgehead atoms. The van der Waals surface area contributed by atoms with Gasteiger partial charge in [0, 0.05) is 21.2 Å². The van der Waals surface area contributed by atoms with Crippen LogP contribution in [0.3, 0.4) is 0 Å². The fourth-order valence-corrected chi connectivity index (χ4v) is 2.76. The van der Waals surface area contributed by atoms with E-state index in [0.29, 0.717) is 23.2 Å². The maximum absolute atomic E-state index is 12.2. The summed E-state index contributed by atoms with van der Waals surface area (Å²) in [4.78, 5) is 35.6. The van der Waals surface area contributed by atoms with E-state index in [0.717, 1.165) is 3.57 Å². The van der Waals surface area contributed by atoms with Gasteiger partial charge in [-0.3, -0.25) is 30.6 Å². The molecule has 0 atom stereocenters. The Kier molecular flexibility index (Phi) is 7.67. The highest BCUT2D eigenvalue weighted by Crippen LogP contribution is 2.11. The number of hydrogen-bond donors (Lipinski definition) is 4. The molecule has 2 aromatic rings. The minimum atomic E-state index is -0.436. The molecule has 0 fully saturated rings. The SMILES string of the molecule is CCC(=O)Nc1ccc(C(=O)NNC(=S)NC(=O)c2ccccc2I)cc1. The summed E-state index contributed by atoms with van der Waals surface area (Å²) in [5, 5.41) is 5.16. The van der Waals surface area contributed by atoms with Crippen molar-refractivity contribution in [2.75, 3.05) is 5.32 Å². The Bertz CT molecular complexity index is 871. The van der Waals surface area contributed by atoms with E-state index in [9.17, 15) is 14.4 Å². The third-order valence-corrected chi connectivity index (χ3v) is 4.53. The van der Waals surface area contributed by atoms with Crippen molar-refractivity contribution in [3.63, 3.8) is 0 Å². The lowest BCUT2D eigenvalue weighted by Crippen LogP contribution is -2.48. The van der Waals surface area contributed by atoms with Crippen LogP contribution in [0.2, 0.25) is 0 Å². The van der Waals surface area contributed by atoms with Crippen LogP contribution in [0.25, 0.3) is 0 Å². The highest BCUT2D eigenvalue weighted by atomic mass is 127. The summed E-state index contributed by atoms with van der Waals surface area (Å²) >= 11 is 7.07. The molecule has 2 rings (SSSR count). The number of hydrogen-bond acceptors (Lipinski definition) is 4. The van der Waals surface area contributed by atoms with Gasteiger partial charge < -0.3 is 5.32 Å². The fraction of sp³-hybridized carbons (Fsp3) is 0.111. The van der Waals surface area contributed by atoms with Crippen LogP contribution in [0, 0.1) is 3.57 Å². The van der Waals surface area contributed by atoms with Crippen molar-refractivity contribution in [2.24, 2.45) is 0 Å². The van der Waals surface area contributed by atoms with Gasteiger partial charge in [-0.15, -0.1) is 0 Å². The smallest absolute Gasteiger partial charge is 0.269 e. The number of benzene rings is 2. The van der Waals surface area contributed by atoms with E-state index in [1.165, 1.54) is 0 Å². The van der Waals surface area contributed by atoms with E-state index in [1.54, 1.807) is 49.4 Å². The topological polar surface area (TPSA) is 99.3 Å². The van der Waals surface area contributed by atoms with Gasteiger partial charge >= 0.3 is 0 Å². The Balaban J connectivity index is 1.86. The number of anilines is 1. The highest BCUT2D eigenvalue weighted by molar-refractivity contribution is 14.1. The molecule has 0 spiro atoms. The lowest BCUT2D eigenvalue weighted by molar-refractivity contribution is -0.115. The molecule has 2 aromatic carbocycles. The predicted octanol–water partition coefficient (Wildman–Crippen LogP) is 2.59. The fourth-order valence-electron chi connectivity index (χ4n) is 1.99. The summed E-state index contributed by atoms with van der Waals surface area (Å²) in [6.07, 6.45) is 0.372. The molecule has 0 saturated carbocycles. The van der Waals surface area contributed by atoms with E-state index < -0.39 is 5.91 Å². The number of halogens is 1. The number of thiocarbonyl (C=S) groups is 1. The second kappa shape index (κ2) is 9.97. The molecule has 0 heterocycles. The Labute approximate surface area is 175 Å². The summed E-state index contributed by atoms with van der Waals surface area (Å²) in [5.41, 5.74) is 6.34. The van der Waals surface area contributed by atoms with Crippen molar-refractivity contribution in [3.8, 4) is 0 Å². The standard InChI is InChI=1S/C18H17IN4O3S/c1-2-15(24)20-12-9-7-11(8-10-12)16(25)22-23-18(27)21-17(26)13-5-3-4-6-14(13)19/h3-10H,2H2,1H3,(H,20,24)(H,22,25)(H2,21,23,26,27). The Morgan fingerprint density at radius 3 is 2.26 bits per heavy atom. The summed E-state index contributed by atoms with van der Waals surface area (Å²) < 4.78 is 0.787. The summed E-state index contributed by atoms with van der Waals surface area (Å²) in [5.74, 6) is -0.917. The zero-order chi connectivity index (χ0) is 19.8. The minimum absolute atomic E-state index is 0.0279. The van der Waals surface area contributed by atoms with Gasteiger partial charge in [0.15, 0.2) is 5.11 Å². The van der Waals surface area contributed by atoms with Gasteiger partial charge in [-0.1, -0.05) is 19.1 Å². The van der Waals surface area contributed by atoms with Gasteiger partial charge in [-0.05, 0) is 71.2 Å². The molecule has 0 aliphatic carbocycles. The Hall–Kier alpha value is -2.53. The zero-order valence-corrected chi connectivity index (χ0v) is 17.3. The van der Waals surface area contributed by atoms with Crippen LogP contribution in [0.4, 0.5) is 5.69 Å². The number of carbonyl (C=O) groups excluding carboxylic acids is 3. The molecular weight excluding hydrogens is 479 g/mol. The van der Waals surface area contributed by atoms with Gasteiger partial charge in [0.25, 0.3) is 11.8 Å². The maximum Gasteiger partial charge on any atom is 0.269 e. The first-order valence-electron chi connectivity index (χ1n) is 7.96. The van der Waals surface area contributed by atoms with Crippen molar-refractivity contribution >= 4 is 63.3 Å². The molecule has 27 heavy (non-hydrogen) atoms. The van der Waals surface area contributed by atoms with Crippen LogP contribution in [-0.4, -0.2) is 22.8 Å². The van der Waals surface area contributed by atoms with E-state index in [4.69, 9.17) is 12.2 Å².